The van der Waals surface area contributed by atoms with Crippen LogP contribution in [0.15, 0.2) is 0 Å². The Bertz CT molecular complexity index is 336. The fourth-order valence-corrected chi connectivity index (χ4v) is 1.90. The van der Waals surface area contributed by atoms with Gasteiger partial charge in [-0.15, -0.1) is 0 Å². The van der Waals surface area contributed by atoms with Gasteiger partial charge in [-0.1, -0.05) is 0 Å². The van der Waals surface area contributed by atoms with E-state index in [-0.39, 0.29) is 18.5 Å². The highest BCUT2D eigenvalue weighted by atomic mass is 16.6. The third-order valence-corrected chi connectivity index (χ3v) is 2.85. The van der Waals surface area contributed by atoms with Gasteiger partial charge in [0, 0.05) is 25.9 Å². The van der Waals surface area contributed by atoms with Crippen LogP contribution in [-0.2, 0) is 14.3 Å². The molecule has 110 valence electrons. The zero-order valence-electron chi connectivity index (χ0n) is 12.0. The molecule has 1 aliphatic heterocycles. The van der Waals surface area contributed by atoms with Crippen LogP contribution in [0.2, 0.25) is 0 Å². The fraction of sp³-hybridized carbons (Fsp3) is 0.846. The van der Waals surface area contributed by atoms with Gasteiger partial charge in [0.05, 0.1) is 12.7 Å². The molecule has 1 rings (SSSR count). The third kappa shape index (κ3) is 5.46. The summed E-state index contributed by atoms with van der Waals surface area (Å²) >= 11 is 0. The van der Waals surface area contributed by atoms with Crippen LogP contribution in [0.5, 0.6) is 0 Å². The Morgan fingerprint density at radius 2 is 2.00 bits per heavy atom. The van der Waals surface area contributed by atoms with Gasteiger partial charge < -0.3 is 19.5 Å². The number of piperidine rings is 1. The Labute approximate surface area is 113 Å². The molecule has 0 aromatic rings. The lowest BCUT2D eigenvalue weighted by atomic mass is 9.96. The Hall–Kier alpha value is -1.30. The molecule has 1 amide bonds. The standard InChI is InChI=1S/C13H23NO5/c1-9(15)18-8-10-7-14(6-5-11(10)16)12(17)19-13(2,3)4/h10-11,16H,5-8H2,1-4H3. The molecule has 0 saturated carbocycles. The zero-order valence-corrected chi connectivity index (χ0v) is 12.0. The molecule has 1 heterocycles. The summed E-state index contributed by atoms with van der Waals surface area (Å²) in [5, 5.41) is 9.84. The molecule has 19 heavy (non-hydrogen) atoms. The molecule has 0 bridgehead atoms. The number of hydrogen-bond acceptors (Lipinski definition) is 5. The summed E-state index contributed by atoms with van der Waals surface area (Å²) < 4.78 is 10.2. The van der Waals surface area contributed by atoms with Gasteiger partial charge in [-0.2, -0.15) is 0 Å². The van der Waals surface area contributed by atoms with Crippen molar-refractivity contribution in [3.8, 4) is 0 Å². The van der Waals surface area contributed by atoms with Crippen molar-refractivity contribution in [1.29, 1.82) is 0 Å². The second-order valence-corrected chi connectivity index (χ2v) is 5.85. The van der Waals surface area contributed by atoms with Gasteiger partial charge in [-0.25, -0.2) is 4.79 Å². The van der Waals surface area contributed by atoms with E-state index < -0.39 is 17.8 Å². The van der Waals surface area contributed by atoms with Gasteiger partial charge in [-0.05, 0) is 27.2 Å². The minimum atomic E-state index is -0.557. The third-order valence-electron chi connectivity index (χ3n) is 2.85. The van der Waals surface area contributed by atoms with Crippen LogP contribution < -0.4 is 0 Å². The van der Waals surface area contributed by atoms with E-state index in [0.717, 1.165) is 0 Å². The van der Waals surface area contributed by atoms with Crippen molar-refractivity contribution in [2.24, 2.45) is 5.92 Å². The first kappa shape index (κ1) is 15.8. The van der Waals surface area contributed by atoms with Crippen LogP contribution in [0.4, 0.5) is 4.79 Å². The van der Waals surface area contributed by atoms with E-state index in [1.165, 1.54) is 6.92 Å². The van der Waals surface area contributed by atoms with Gasteiger partial charge in [-0.3, -0.25) is 4.79 Å². The smallest absolute Gasteiger partial charge is 0.410 e. The first-order valence-corrected chi connectivity index (χ1v) is 6.48. The Kier molecular flexibility index (Phi) is 5.17. The number of aliphatic hydroxyl groups excluding tert-OH is 1. The minimum Gasteiger partial charge on any atom is -0.465 e. The number of ether oxygens (including phenoxy) is 2. The number of carbonyl (C=O) groups excluding carboxylic acids is 2. The molecule has 0 radical (unpaired) electrons. The summed E-state index contributed by atoms with van der Waals surface area (Å²) in [6, 6.07) is 0. The number of esters is 1. The Morgan fingerprint density at radius 3 is 2.53 bits per heavy atom. The quantitative estimate of drug-likeness (QED) is 0.764. The summed E-state index contributed by atoms with van der Waals surface area (Å²) in [6.45, 7) is 7.65. The number of carbonyl (C=O) groups is 2. The van der Waals surface area contributed by atoms with Gasteiger partial charge in [0.25, 0.3) is 0 Å². The molecule has 6 nitrogen and oxygen atoms in total. The molecule has 0 spiro atoms. The van der Waals surface area contributed by atoms with E-state index in [1.54, 1.807) is 25.7 Å². The van der Waals surface area contributed by atoms with Crippen LogP contribution in [0.1, 0.15) is 34.1 Å². The Morgan fingerprint density at radius 1 is 1.37 bits per heavy atom. The van der Waals surface area contributed by atoms with Crippen molar-refractivity contribution in [3.63, 3.8) is 0 Å². The lowest BCUT2D eigenvalue weighted by molar-refractivity contribution is -0.144. The molecule has 0 aliphatic carbocycles. The first-order valence-electron chi connectivity index (χ1n) is 6.48. The van der Waals surface area contributed by atoms with Crippen molar-refractivity contribution >= 4 is 12.1 Å². The van der Waals surface area contributed by atoms with Crippen LogP contribution in [0, 0.1) is 5.92 Å². The summed E-state index contributed by atoms with van der Waals surface area (Å²) in [4.78, 5) is 24.3. The second kappa shape index (κ2) is 6.23. The van der Waals surface area contributed by atoms with Crippen molar-refractivity contribution in [1.82, 2.24) is 4.90 Å². The minimum absolute atomic E-state index is 0.121. The van der Waals surface area contributed by atoms with Crippen LogP contribution in [0.25, 0.3) is 0 Å². The van der Waals surface area contributed by atoms with E-state index in [2.05, 4.69) is 0 Å². The van der Waals surface area contributed by atoms with E-state index >= 15 is 0 Å². The van der Waals surface area contributed by atoms with Crippen molar-refractivity contribution in [2.75, 3.05) is 19.7 Å². The van der Waals surface area contributed by atoms with Crippen molar-refractivity contribution in [3.05, 3.63) is 0 Å². The number of nitrogens with zero attached hydrogens (tertiary/aromatic N) is 1. The summed E-state index contributed by atoms with van der Waals surface area (Å²) in [5.41, 5.74) is -0.543. The average Bonchev–Trinajstić information content (AvgIpc) is 2.25. The van der Waals surface area contributed by atoms with Crippen molar-refractivity contribution < 1.29 is 24.2 Å². The molecule has 0 aromatic heterocycles. The van der Waals surface area contributed by atoms with Gasteiger partial charge in [0.2, 0.25) is 0 Å². The van der Waals surface area contributed by atoms with Gasteiger partial charge >= 0.3 is 12.1 Å². The monoisotopic (exact) mass is 273 g/mol. The zero-order chi connectivity index (χ0) is 14.6. The molecular weight excluding hydrogens is 250 g/mol. The maximum Gasteiger partial charge on any atom is 0.410 e. The SMILES string of the molecule is CC(=O)OCC1CN(C(=O)OC(C)(C)C)CCC1O. The molecule has 6 heteroatoms. The van der Waals surface area contributed by atoms with Gasteiger partial charge in [0.1, 0.15) is 5.60 Å². The molecule has 1 saturated heterocycles. The van der Waals surface area contributed by atoms with E-state index in [1.807, 2.05) is 0 Å². The largest absolute Gasteiger partial charge is 0.465 e. The van der Waals surface area contributed by atoms with E-state index in [9.17, 15) is 14.7 Å². The van der Waals surface area contributed by atoms with Crippen LogP contribution >= 0.6 is 0 Å². The lowest BCUT2D eigenvalue weighted by Crippen LogP contribution is -2.49. The predicted molar refractivity (Wildman–Crippen MR) is 68.6 cm³/mol. The maximum atomic E-state index is 11.9. The number of likely N-dealkylation sites (tertiary alicyclic amines) is 1. The van der Waals surface area contributed by atoms with Crippen LogP contribution in [0.3, 0.4) is 0 Å². The molecule has 0 aromatic carbocycles. The number of aliphatic hydroxyl groups is 1. The molecule has 1 fully saturated rings. The van der Waals surface area contributed by atoms with Crippen molar-refractivity contribution in [2.45, 2.75) is 45.8 Å². The molecule has 1 aliphatic rings. The highest BCUT2D eigenvalue weighted by Crippen LogP contribution is 2.20. The molecular formula is C13H23NO5. The Balaban J connectivity index is 2.53. The highest BCUT2D eigenvalue weighted by Gasteiger charge is 2.33. The molecule has 2 atom stereocenters. The normalized spacial score (nSPS) is 23.9. The van der Waals surface area contributed by atoms with E-state index in [0.29, 0.717) is 19.5 Å². The summed E-state index contributed by atoms with van der Waals surface area (Å²) in [5.74, 6) is -0.647. The van der Waals surface area contributed by atoms with Gasteiger partial charge in [0.15, 0.2) is 0 Å². The highest BCUT2D eigenvalue weighted by molar-refractivity contribution is 5.68. The summed E-state index contributed by atoms with van der Waals surface area (Å²) in [6.07, 6.45) is -0.490. The first-order chi connectivity index (χ1) is 8.69. The predicted octanol–water partition coefficient (Wildman–Crippen LogP) is 1.17. The summed E-state index contributed by atoms with van der Waals surface area (Å²) in [7, 11) is 0. The second-order valence-electron chi connectivity index (χ2n) is 5.85. The average molecular weight is 273 g/mol. The topological polar surface area (TPSA) is 76.1 Å². The molecule has 1 N–H and O–H groups in total. The molecule has 2 unspecified atom stereocenters. The number of amides is 1. The van der Waals surface area contributed by atoms with E-state index in [4.69, 9.17) is 9.47 Å². The lowest BCUT2D eigenvalue weighted by Gasteiger charge is -2.36. The number of hydrogen-bond donors (Lipinski definition) is 1. The maximum absolute atomic E-state index is 11.9. The number of rotatable bonds is 2. The fourth-order valence-electron chi connectivity index (χ4n) is 1.90. The van der Waals surface area contributed by atoms with Crippen LogP contribution in [-0.4, -0.2) is 53.5 Å².